The smallest absolute Gasteiger partial charge is 0.286 e. The van der Waals surface area contributed by atoms with Crippen molar-refractivity contribution in [2.24, 2.45) is 0 Å². The minimum absolute atomic E-state index is 0.179. The number of imidazole rings is 1. The molecule has 0 radical (unpaired) electrons. The van der Waals surface area contributed by atoms with E-state index in [0.717, 1.165) is 14.5 Å². The maximum Gasteiger partial charge on any atom is 0.302 e. The van der Waals surface area contributed by atoms with Crippen molar-refractivity contribution in [1.29, 1.82) is 0 Å². The average Bonchev–Trinajstić information content (AvgIpc) is 2.75. The molecule has 0 unspecified atom stereocenters. The number of halogens is 3. The molecule has 0 aliphatic heterocycles. The Bertz CT molecular complexity index is 687. The lowest BCUT2D eigenvalue weighted by atomic mass is 10.2. The molecule has 0 spiro atoms. The van der Waals surface area contributed by atoms with E-state index in [1.165, 1.54) is 23.2 Å². The molecule has 0 N–H and O–H groups in total. The Kier molecular flexibility index (Phi) is 4.79. The molecule has 0 fully saturated rings. The zero-order valence-electron chi connectivity index (χ0n) is 9.66. The lowest BCUT2D eigenvalue weighted by Gasteiger charge is -2.05. The van der Waals surface area contributed by atoms with Gasteiger partial charge in [0.15, 0.2) is 0 Å². The van der Waals surface area contributed by atoms with Crippen LogP contribution in [0, 0.1) is 10.1 Å². The summed E-state index contributed by atoms with van der Waals surface area (Å²) in [5.74, 6) is 0. The average molecular weight is 423 g/mol. The summed E-state index contributed by atoms with van der Waals surface area (Å²) in [6, 6.07) is 5.30. The van der Waals surface area contributed by atoms with Crippen LogP contribution in [-0.4, -0.2) is 14.6 Å². The molecule has 1 aromatic carbocycles. The van der Waals surface area contributed by atoms with Gasteiger partial charge in [0.2, 0.25) is 0 Å². The lowest BCUT2D eigenvalue weighted by Crippen LogP contribution is -2.07. The van der Waals surface area contributed by atoms with Gasteiger partial charge in [0.25, 0.3) is 6.01 Å². The van der Waals surface area contributed by atoms with Crippen LogP contribution in [0.25, 0.3) is 11.2 Å². The fraction of sp³-hybridized carbons (Fsp3) is 0. The van der Waals surface area contributed by atoms with E-state index in [4.69, 9.17) is 11.6 Å². The van der Waals surface area contributed by atoms with Crippen LogP contribution in [0.4, 0.5) is 0 Å². The van der Waals surface area contributed by atoms with Crippen molar-refractivity contribution in [3.05, 3.63) is 55.2 Å². The van der Waals surface area contributed by atoms with Crippen molar-refractivity contribution in [3.8, 4) is 6.01 Å². The van der Waals surface area contributed by atoms with Crippen molar-refractivity contribution < 1.29 is 9.92 Å². The Hall–Kier alpha value is -1.38. The van der Waals surface area contributed by atoms with E-state index in [0.29, 0.717) is 5.03 Å². The summed E-state index contributed by atoms with van der Waals surface area (Å²) < 4.78 is 3.00. The molecule has 2 aromatic rings. The van der Waals surface area contributed by atoms with E-state index < -0.39 is 5.09 Å². The number of benzene rings is 1. The van der Waals surface area contributed by atoms with E-state index in [2.05, 4.69) is 41.7 Å². The molecule has 1 aromatic heterocycles. The summed E-state index contributed by atoms with van der Waals surface area (Å²) >= 11 is 12.9. The van der Waals surface area contributed by atoms with Crippen LogP contribution in [-0.2, 0) is 0 Å². The molecule has 0 saturated carbocycles. The molecule has 6 nitrogen and oxygen atoms in total. The maximum absolute atomic E-state index is 10.3. The molecule has 9 heteroatoms. The number of hydrogen-bond donors (Lipinski definition) is 0. The van der Waals surface area contributed by atoms with Crippen LogP contribution in [0.5, 0.6) is 6.01 Å². The lowest BCUT2D eigenvalue weighted by molar-refractivity contribution is -0.713. The third-order valence-electron chi connectivity index (χ3n) is 2.23. The second-order valence-electron chi connectivity index (χ2n) is 3.53. The molecule has 0 bridgehead atoms. The molecule has 2 rings (SSSR count). The summed E-state index contributed by atoms with van der Waals surface area (Å²) in [6.07, 6.45) is 4.34. The van der Waals surface area contributed by atoms with Gasteiger partial charge in [0.1, 0.15) is 0 Å². The summed E-state index contributed by atoms with van der Waals surface area (Å²) in [5, 5.41) is 9.77. The molecule has 0 aliphatic rings. The summed E-state index contributed by atoms with van der Waals surface area (Å²) in [6.45, 7) is 0. The molecule has 104 valence electrons. The first kappa shape index (κ1) is 15.0. The first-order valence-electron chi connectivity index (χ1n) is 5.15. The van der Waals surface area contributed by atoms with Gasteiger partial charge in [-0.15, -0.1) is 10.1 Å². The third kappa shape index (κ3) is 3.59. The van der Waals surface area contributed by atoms with Gasteiger partial charge in [-0.1, -0.05) is 49.5 Å². The SMILES string of the molecule is O=[N+]([O-])Oc1nccn1/C=C(/Cl)c1ccc(Br)cc1Br. The predicted octanol–water partition coefficient (Wildman–Crippen LogP) is 4.17. The van der Waals surface area contributed by atoms with Crippen molar-refractivity contribution in [1.82, 2.24) is 9.55 Å². The van der Waals surface area contributed by atoms with Crippen molar-refractivity contribution >= 4 is 54.7 Å². The third-order valence-corrected chi connectivity index (χ3v) is 3.68. The monoisotopic (exact) mass is 421 g/mol. The van der Waals surface area contributed by atoms with Crippen molar-refractivity contribution in [3.63, 3.8) is 0 Å². The Labute approximate surface area is 135 Å². The standard InChI is InChI=1S/C11H6Br2ClN3O3/c12-7-1-2-8(9(13)5-7)10(14)6-16-4-3-15-11(16)20-17(18)19/h1-6H/b10-6+. The quantitative estimate of drug-likeness (QED) is 0.547. The van der Waals surface area contributed by atoms with Crippen LogP contribution >= 0.6 is 43.5 Å². The Balaban J connectivity index is 2.35. The van der Waals surface area contributed by atoms with E-state index in [1.807, 2.05) is 12.1 Å². The fourth-order valence-corrected chi connectivity index (χ4v) is 3.05. The van der Waals surface area contributed by atoms with Gasteiger partial charge in [-0.25, -0.2) is 9.82 Å². The minimum atomic E-state index is -0.934. The van der Waals surface area contributed by atoms with E-state index in [-0.39, 0.29) is 6.01 Å². The first-order chi connectivity index (χ1) is 9.47. The topological polar surface area (TPSA) is 70.2 Å². The minimum Gasteiger partial charge on any atom is -0.286 e. The highest BCUT2D eigenvalue weighted by atomic mass is 79.9. The fourth-order valence-electron chi connectivity index (χ4n) is 1.41. The summed E-state index contributed by atoms with van der Waals surface area (Å²) in [5.41, 5.74) is 0.732. The van der Waals surface area contributed by atoms with Gasteiger partial charge in [-0.2, -0.15) is 0 Å². The number of nitrogens with zero attached hydrogens (tertiary/aromatic N) is 3. The molecular formula is C11H6Br2ClN3O3. The Morgan fingerprint density at radius 3 is 2.90 bits per heavy atom. The summed E-state index contributed by atoms with van der Waals surface area (Å²) in [7, 11) is 0. The van der Waals surface area contributed by atoms with Gasteiger partial charge >= 0.3 is 5.09 Å². The maximum atomic E-state index is 10.3. The van der Waals surface area contributed by atoms with E-state index in [1.54, 1.807) is 6.07 Å². The second kappa shape index (κ2) is 6.38. The largest absolute Gasteiger partial charge is 0.302 e. The van der Waals surface area contributed by atoms with Crippen molar-refractivity contribution in [2.75, 3.05) is 0 Å². The van der Waals surface area contributed by atoms with Crippen LogP contribution in [0.2, 0.25) is 0 Å². The molecule has 0 atom stereocenters. The van der Waals surface area contributed by atoms with Crippen LogP contribution in [0.3, 0.4) is 0 Å². The highest BCUT2D eigenvalue weighted by Crippen LogP contribution is 2.30. The molecule has 0 aliphatic carbocycles. The van der Waals surface area contributed by atoms with Crippen molar-refractivity contribution in [2.45, 2.75) is 0 Å². The molecule has 0 amide bonds. The highest BCUT2D eigenvalue weighted by molar-refractivity contribution is 9.11. The van der Waals surface area contributed by atoms with Crippen LogP contribution < -0.4 is 4.84 Å². The van der Waals surface area contributed by atoms with Gasteiger partial charge in [-0.3, -0.25) is 4.57 Å². The van der Waals surface area contributed by atoms with Gasteiger partial charge in [0.05, 0.1) is 5.03 Å². The Morgan fingerprint density at radius 2 is 2.25 bits per heavy atom. The normalized spacial score (nSPS) is 11.4. The molecular weight excluding hydrogens is 417 g/mol. The van der Waals surface area contributed by atoms with Gasteiger partial charge < -0.3 is 0 Å². The zero-order valence-corrected chi connectivity index (χ0v) is 13.6. The molecule has 1 heterocycles. The molecule has 0 saturated heterocycles. The van der Waals surface area contributed by atoms with E-state index in [9.17, 15) is 10.1 Å². The van der Waals surface area contributed by atoms with Crippen LogP contribution in [0.1, 0.15) is 5.56 Å². The number of aromatic nitrogens is 2. The first-order valence-corrected chi connectivity index (χ1v) is 7.11. The molecule has 20 heavy (non-hydrogen) atoms. The van der Waals surface area contributed by atoms with Crippen LogP contribution in [0.15, 0.2) is 39.5 Å². The number of hydrogen-bond acceptors (Lipinski definition) is 4. The zero-order chi connectivity index (χ0) is 14.7. The predicted molar refractivity (Wildman–Crippen MR) is 81.7 cm³/mol. The van der Waals surface area contributed by atoms with Gasteiger partial charge in [0, 0.05) is 33.1 Å². The second-order valence-corrected chi connectivity index (χ2v) is 5.71. The summed E-state index contributed by atoms with van der Waals surface area (Å²) in [4.78, 5) is 18.4. The van der Waals surface area contributed by atoms with Gasteiger partial charge in [-0.05, 0) is 12.1 Å². The van der Waals surface area contributed by atoms with E-state index >= 15 is 0 Å². The number of rotatable bonds is 4. The highest BCUT2D eigenvalue weighted by Gasteiger charge is 2.09. The Morgan fingerprint density at radius 1 is 1.50 bits per heavy atom.